The van der Waals surface area contributed by atoms with Gasteiger partial charge in [-0.2, -0.15) is 0 Å². The standard InChI is InChI=1S/C24H27N3O2.ClH/c1-15-8-16(12-25)13-26(15)24(29)19-11-23(28)27(14-19)20-6-7-22-18(10-20)9-17-4-2-3-5-21(17)22;/h2-7,10,15-16,19H,8-9,11-14,25H2,1H3;1H. The lowest BCUT2D eigenvalue weighted by atomic mass is 10.1. The molecular weight excluding hydrogens is 398 g/mol. The first kappa shape index (κ1) is 20.9. The second-order valence-corrected chi connectivity index (χ2v) is 8.76. The molecular formula is C24H28ClN3O2. The van der Waals surface area contributed by atoms with Crippen LogP contribution in [-0.2, 0) is 16.0 Å². The van der Waals surface area contributed by atoms with Crippen molar-refractivity contribution in [2.24, 2.45) is 17.6 Å². The van der Waals surface area contributed by atoms with Gasteiger partial charge in [0, 0.05) is 31.2 Å². The van der Waals surface area contributed by atoms with Crippen LogP contribution in [0.15, 0.2) is 42.5 Å². The molecule has 2 N–H and O–H groups in total. The van der Waals surface area contributed by atoms with Crippen molar-refractivity contribution in [3.63, 3.8) is 0 Å². The highest BCUT2D eigenvalue weighted by Crippen LogP contribution is 2.39. The Kier molecular flexibility index (Phi) is 5.60. The van der Waals surface area contributed by atoms with Gasteiger partial charge in [0.25, 0.3) is 0 Å². The summed E-state index contributed by atoms with van der Waals surface area (Å²) in [6, 6.07) is 14.9. The molecule has 2 aliphatic heterocycles. The first-order chi connectivity index (χ1) is 14.0. The molecule has 0 saturated carbocycles. The number of carbonyl (C=O) groups excluding carboxylic acids is 2. The van der Waals surface area contributed by atoms with E-state index < -0.39 is 0 Å². The molecule has 2 saturated heterocycles. The third kappa shape index (κ3) is 3.40. The van der Waals surface area contributed by atoms with Crippen LogP contribution < -0.4 is 10.6 Å². The van der Waals surface area contributed by atoms with E-state index in [0.717, 1.165) is 25.1 Å². The third-order valence-electron chi connectivity index (χ3n) is 6.84. The molecule has 30 heavy (non-hydrogen) atoms. The van der Waals surface area contributed by atoms with Gasteiger partial charge >= 0.3 is 0 Å². The van der Waals surface area contributed by atoms with E-state index in [-0.39, 0.29) is 36.2 Å². The third-order valence-corrected chi connectivity index (χ3v) is 6.84. The number of hydrogen-bond acceptors (Lipinski definition) is 3. The van der Waals surface area contributed by atoms with Crippen molar-refractivity contribution in [2.45, 2.75) is 32.2 Å². The molecule has 2 heterocycles. The van der Waals surface area contributed by atoms with Gasteiger partial charge in [0.1, 0.15) is 0 Å². The number of halogens is 1. The van der Waals surface area contributed by atoms with Crippen LogP contribution in [0.5, 0.6) is 0 Å². The molecule has 3 aliphatic rings. The zero-order chi connectivity index (χ0) is 20.1. The molecule has 0 aromatic heterocycles. The number of nitrogens with two attached hydrogens (primary N) is 1. The van der Waals surface area contributed by atoms with Gasteiger partial charge in [-0.25, -0.2) is 0 Å². The lowest BCUT2D eigenvalue weighted by molar-refractivity contribution is -0.136. The SMILES string of the molecule is CC1CC(CN)CN1C(=O)C1CC(=O)N(c2ccc3c(c2)Cc2ccccc2-3)C1.Cl. The summed E-state index contributed by atoms with van der Waals surface area (Å²) in [5.74, 6) is 0.270. The predicted octanol–water partition coefficient (Wildman–Crippen LogP) is 3.23. The van der Waals surface area contributed by atoms with Gasteiger partial charge in [0.2, 0.25) is 11.8 Å². The van der Waals surface area contributed by atoms with E-state index in [0.29, 0.717) is 25.4 Å². The van der Waals surface area contributed by atoms with E-state index >= 15 is 0 Å². The van der Waals surface area contributed by atoms with Crippen LogP contribution in [0.4, 0.5) is 5.69 Å². The zero-order valence-corrected chi connectivity index (χ0v) is 18.0. The average molecular weight is 426 g/mol. The fraction of sp³-hybridized carbons (Fsp3) is 0.417. The molecule has 5 nitrogen and oxygen atoms in total. The number of nitrogens with zero attached hydrogens (tertiary/aromatic N) is 2. The zero-order valence-electron chi connectivity index (χ0n) is 17.2. The molecule has 158 valence electrons. The van der Waals surface area contributed by atoms with E-state index in [2.05, 4.69) is 43.3 Å². The molecule has 3 atom stereocenters. The number of carbonyl (C=O) groups is 2. The quantitative estimate of drug-likeness (QED) is 0.700. The van der Waals surface area contributed by atoms with Gasteiger partial charge in [0.15, 0.2) is 0 Å². The van der Waals surface area contributed by atoms with Crippen LogP contribution in [0.3, 0.4) is 0 Å². The Hall–Kier alpha value is -2.37. The van der Waals surface area contributed by atoms with E-state index in [9.17, 15) is 9.59 Å². The number of hydrogen-bond donors (Lipinski definition) is 1. The first-order valence-electron chi connectivity index (χ1n) is 10.6. The van der Waals surface area contributed by atoms with Crippen molar-refractivity contribution in [1.29, 1.82) is 0 Å². The van der Waals surface area contributed by atoms with Crippen LogP contribution in [-0.4, -0.2) is 42.4 Å². The summed E-state index contributed by atoms with van der Waals surface area (Å²) in [4.78, 5) is 29.6. The van der Waals surface area contributed by atoms with Gasteiger partial charge < -0.3 is 15.5 Å². The van der Waals surface area contributed by atoms with Crippen LogP contribution >= 0.6 is 12.4 Å². The predicted molar refractivity (Wildman–Crippen MR) is 121 cm³/mol. The summed E-state index contributed by atoms with van der Waals surface area (Å²) in [5.41, 5.74) is 11.8. The summed E-state index contributed by atoms with van der Waals surface area (Å²) >= 11 is 0. The number of rotatable bonds is 3. The highest BCUT2D eigenvalue weighted by Gasteiger charge is 2.41. The van der Waals surface area contributed by atoms with Gasteiger partial charge in [-0.15, -0.1) is 12.4 Å². The minimum Gasteiger partial charge on any atom is -0.339 e. The minimum absolute atomic E-state index is 0. The molecule has 0 bridgehead atoms. The van der Waals surface area contributed by atoms with Gasteiger partial charge in [-0.05, 0) is 66.6 Å². The maximum absolute atomic E-state index is 13.1. The molecule has 2 aromatic carbocycles. The largest absolute Gasteiger partial charge is 0.339 e. The summed E-state index contributed by atoms with van der Waals surface area (Å²) in [5, 5.41) is 0. The monoisotopic (exact) mass is 425 g/mol. The highest BCUT2D eigenvalue weighted by atomic mass is 35.5. The van der Waals surface area contributed by atoms with E-state index in [1.54, 1.807) is 4.90 Å². The Bertz CT molecular complexity index is 992. The Labute approximate surface area is 183 Å². The smallest absolute Gasteiger partial charge is 0.228 e. The van der Waals surface area contributed by atoms with Crippen molar-refractivity contribution < 1.29 is 9.59 Å². The Balaban J connectivity index is 0.00000218. The lowest BCUT2D eigenvalue weighted by Crippen LogP contribution is -2.40. The van der Waals surface area contributed by atoms with Gasteiger partial charge in [0.05, 0.1) is 5.92 Å². The normalized spacial score (nSPS) is 24.6. The Morgan fingerprint density at radius 2 is 1.87 bits per heavy atom. The molecule has 5 rings (SSSR count). The molecule has 2 amide bonds. The average Bonchev–Trinajstić information content (AvgIpc) is 3.41. The molecule has 1 aliphatic carbocycles. The maximum atomic E-state index is 13.1. The van der Waals surface area contributed by atoms with Crippen LogP contribution in [0.25, 0.3) is 11.1 Å². The van der Waals surface area contributed by atoms with Crippen molar-refractivity contribution in [3.8, 4) is 11.1 Å². The van der Waals surface area contributed by atoms with E-state index in [1.807, 2.05) is 11.0 Å². The first-order valence-corrected chi connectivity index (χ1v) is 10.6. The fourth-order valence-electron chi connectivity index (χ4n) is 5.28. The van der Waals surface area contributed by atoms with Gasteiger partial charge in [-0.1, -0.05) is 30.3 Å². The summed E-state index contributed by atoms with van der Waals surface area (Å²) in [7, 11) is 0. The Morgan fingerprint density at radius 1 is 1.10 bits per heavy atom. The van der Waals surface area contributed by atoms with Crippen LogP contribution in [0.2, 0.25) is 0 Å². The van der Waals surface area contributed by atoms with Gasteiger partial charge in [-0.3, -0.25) is 9.59 Å². The number of amides is 2. The molecule has 0 radical (unpaired) electrons. The van der Waals surface area contributed by atoms with Crippen molar-refractivity contribution in [3.05, 3.63) is 53.6 Å². The second kappa shape index (κ2) is 8.05. The van der Waals surface area contributed by atoms with Crippen LogP contribution in [0.1, 0.15) is 30.9 Å². The van der Waals surface area contributed by atoms with E-state index in [1.165, 1.54) is 22.3 Å². The summed E-state index contributed by atoms with van der Waals surface area (Å²) < 4.78 is 0. The number of likely N-dealkylation sites (tertiary alicyclic amines) is 1. The maximum Gasteiger partial charge on any atom is 0.228 e. The Morgan fingerprint density at radius 3 is 2.63 bits per heavy atom. The number of benzene rings is 2. The lowest BCUT2D eigenvalue weighted by Gasteiger charge is -2.25. The fourth-order valence-corrected chi connectivity index (χ4v) is 5.28. The molecule has 0 spiro atoms. The van der Waals surface area contributed by atoms with Crippen molar-refractivity contribution >= 4 is 29.9 Å². The molecule has 3 unspecified atom stereocenters. The highest BCUT2D eigenvalue weighted by molar-refractivity contribution is 6.01. The minimum atomic E-state index is -0.257. The van der Waals surface area contributed by atoms with Crippen molar-refractivity contribution in [1.82, 2.24) is 4.90 Å². The molecule has 2 fully saturated rings. The number of fused-ring (bicyclic) bond motifs is 3. The van der Waals surface area contributed by atoms with Crippen molar-refractivity contribution in [2.75, 3.05) is 24.5 Å². The summed E-state index contributed by atoms with van der Waals surface area (Å²) in [6.07, 6.45) is 2.15. The number of anilines is 1. The summed E-state index contributed by atoms with van der Waals surface area (Å²) in [6.45, 7) is 3.89. The second-order valence-electron chi connectivity index (χ2n) is 8.76. The topological polar surface area (TPSA) is 66.6 Å². The van der Waals surface area contributed by atoms with Crippen LogP contribution in [0, 0.1) is 11.8 Å². The van der Waals surface area contributed by atoms with E-state index in [4.69, 9.17) is 5.73 Å². The molecule has 6 heteroatoms. The molecule has 2 aromatic rings.